The maximum absolute atomic E-state index is 10.9. The molecule has 18 heavy (non-hydrogen) atoms. The van der Waals surface area contributed by atoms with Gasteiger partial charge in [-0.2, -0.15) is 0 Å². The number of rotatable bonds is 6. The molecule has 0 saturated heterocycles. The molecule has 0 atom stereocenters. The van der Waals surface area contributed by atoms with Crippen LogP contribution in [0.1, 0.15) is 24.6 Å². The highest BCUT2D eigenvalue weighted by atomic mass is 35.5. The van der Waals surface area contributed by atoms with Crippen LogP contribution in [-0.2, 0) is 4.74 Å². The zero-order chi connectivity index (χ0) is 13.1. The van der Waals surface area contributed by atoms with Crippen molar-refractivity contribution in [3.8, 4) is 0 Å². The molecule has 0 amide bonds. The van der Waals surface area contributed by atoms with Gasteiger partial charge >= 0.3 is 5.69 Å². The van der Waals surface area contributed by atoms with E-state index in [4.69, 9.17) is 16.3 Å². The number of hydrogen-bond donors (Lipinski definition) is 1. The van der Waals surface area contributed by atoms with Gasteiger partial charge in [-0.25, -0.2) is 9.97 Å². The van der Waals surface area contributed by atoms with Gasteiger partial charge < -0.3 is 10.1 Å². The number of nitro groups is 1. The lowest BCUT2D eigenvalue weighted by atomic mass is 10.3. The molecule has 1 aliphatic carbocycles. The van der Waals surface area contributed by atoms with Crippen molar-refractivity contribution in [3.05, 3.63) is 21.1 Å². The molecule has 2 rings (SSSR count). The van der Waals surface area contributed by atoms with Crippen LogP contribution in [0.5, 0.6) is 0 Å². The van der Waals surface area contributed by atoms with Crippen LogP contribution in [-0.4, -0.2) is 35.2 Å². The lowest BCUT2D eigenvalue weighted by molar-refractivity contribution is -0.384. The number of ether oxygens (including phenoxy) is 1. The molecule has 8 heteroatoms. The third kappa shape index (κ3) is 2.85. The Morgan fingerprint density at radius 3 is 2.83 bits per heavy atom. The quantitative estimate of drug-likeness (QED) is 0.368. The van der Waals surface area contributed by atoms with Crippen molar-refractivity contribution in [1.82, 2.24) is 9.97 Å². The molecule has 7 nitrogen and oxygen atoms in total. The number of aromatic nitrogens is 2. The van der Waals surface area contributed by atoms with Crippen LogP contribution in [0, 0.1) is 10.1 Å². The smallest absolute Gasteiger partial charge is 0.348 e. The summed E-state index contributed by atoms with van der Waals surface area (Å²) in [4.78, 5) is 18.5. The van der Waals surface area contributed by atoms with Gasteiger partial charge in [0.25, 0.3) is 0 Å². The van der Waals surface area contributed by atoms with E-state index in [-0.39, 0.29) is 22.6 Å². The van der Waals surface area contributed by atoms with Gasteiger partial charge in [0.15, 0.2) is 0 Å². The molecule has 1 fully saturated rings. The third-order valence-corrected chi connectivity index (χ3v) is 2.85. The van der Waals surface area contributed by atoms with Gasteiger partial charge in [-0.15, -0.1) is 0 Å². The second-order valence-electron chi connectivity index (χ2n) is 4.02. The van der Waals surface area contributed by atoms with Gasteiger partial charge in [0.05, 0.1) is 11.5 Å². The largest absolute Gasteiger partial charge is 0.383 e. The highest BCUT2D eigenvalue weighted by Gasteiger charge is 2.31. The molecule has 1 aliphatic rings. The van der Waals surface area contributed by atoms with Crippen molar-refractivity contribution in [3.63, 3.8) is 0 Å². The molecule has 0 radical (unpaired) electrons. The van der Waals surface area contributed by atoms with E-state index in [2.05, 4.69) is 15.3 Å². The van der Waals surface area contributed by atoms with Crippen LogP contribution in [0.4, 0.5) is 11.5 Å². The summed E-state index contributed by atoms with van der Waals surface area (Å²) < 4.78 is 4.88. The van der Waals surface area contributed by atoms with E-state index in [1.54, 1.807) is 7.11 Å². The van der Waals surface area contributed by atoms with Crippen molar-refractivity contribution in [1.29, 1.82) is 0 Å². The van der Waals surface area contributed by atoms with Gasteiger partial charge in [-0.3, -0.25) is 10.1 Å². The second-order valence-corrected chi connectivity index (χ2v) is 4.38. The zero-order valence-corrected chi connectivity index (χ0v) is 10.6. The summed E-state index contributed by atoms with van der Waals surface area (Å²) in [6.45, 7) is 0.853. The summed E-state index contributed by atoms with van der Waals surface area (Å²) in [6.07, 6.45) is 2.01. The van der Waals surface area contributed by atoms with Gasteiger partial charge in [0.1, 0.15) is 5.82 Å². The minimum absolute atomic E-state index is 0.114. The van der Waals surface area contributed by atoms with Crippen molar-refractivity contribution >= 4 is 23.1 Å². The van der Waals surface area contributed by atoms with E-state index in [0.717, 1.165) is 12.8 Å². The van der Waals surface area contributed by atoms with E-state index in [0.29, 0.717) is 19.0 Å². The maximum atomic E-state index is 10.9. The minimum Gasteiger partial charge on any atom is -0.383 e. The molecule has 98 valence electrons. The molecule has 1 saturated carbocycles. The first kappa shape index (κ1) is 13.0. The fraction of sp³-hybridized carbons (Fsp3) is 0.600. The molecule has 1 aromatic rings. The fourth-order valence-corrected chi connectivity index (χ4v) is 1.77. The maximum Gasteiger partial charge on any atom is 0.348 e. The van der Waals surface area contributed by atoms with Crippen LogP contribution < -0.4 is 5.32 Å². The highest BCUT2D eigenvalue weighted by Crippen LogP contribution is 2.41. The van der Waals surface area contributed by atoms with Crippen molar-refractivity contribution < 1.29 is 9.66 Å². The average Bonchev–Trinajstić information content (AvgIpc) is 3.11. The Bertz CT molecular complexity index is 465. The van der Waals surface area contributed by atoms with Crippen molar-refractivity contribution in [2.45, 2.75) is 18.8 Å². The third-order valence-electron chi connectivity index (χ3n) is 2.58. The molecular weight excluding hydrogens is 260 g/mol. The van der Waals surface area contributed by atoms with Crippen molar-refractivity contribution in [2.75, 3.05) is 25.6 Å². The lowest BCUT2D eigenvalue weighted by Crippen LogP contribution is -2.12. The van der Waals surface area contributed by atoms with E-state index in [9.17, 15) is 10.1 Å². The van der Waals surface area contributed by atoms with Gasteiger partial charge in [-0.1, -0.05) is 11.6 Å². The van der Waals surface area contributed by atoms with E-state index in [1.165, 1.54) is 0 Å². The topological polar surface area (TPSA) is 90.2 Å². The molecule has 1 heterocycles. The monoisotopic (exact) mass is 272 g/mol. The first-order chi connectivity index (χ1) is 8.63. The van der Waals surface area contributed by atoms with Gasteiger partial charge in [0.2, 0.25) is 11.0 Å². The Morgan fingerprint density at radius 2 is 2.28 bits per heavy atom. The first-order valence-electron chi connectivity index (χ1n) is 5.58. The molecule has 0 aromatic carbocycles. The molecule has 0 spiro atoms. The highest BCUT2D eigenvalue weighted by molar-refractivity contribution is 6.31. The number of halogens is 1. The van der Waals surface area contributed by atoms with Crippen molar-refractivity contribution in [2.24, 2.45) is 0 Å². The predicted molar refractivity (Wildman–Crippen MR) is 66.0 cm³/mol. The van der Waals surface area contributed by atoms with Crippen LogP contribution >= 0.6 is 11.6 Å². The molecule has 0 unspecified atom stereocenters. The molecule has 0 aliphatic heterocycles. The number of nitrogens with zero attached hydrogens (tertiary/aromatic N) is 3. The minimum atomic E-state index is -0.575. The van der Waals surface area contributed by atoms with E-state index in [1.807, 2.05) is 0 Å². The number of methoxy groups -OCH3 is 1. The normalized spacial score (nSPS) is 14.6. The Balaban J connectivity index is 2.28. The number of hydrogen-bond acceptors (Lipinski definition) is 6. The molecular formula is C10H13ClN4O3. The predicted octanol–water partition coefficient (Wildman–Crippen LogP) is 1.97. The Labute approximate surface area is 109 Å². The summed E-state index contributed by atoms with van der Waals surface area (Å²) in [6, 6.07) is 0. The Kier molecular flexibility index (Phi) is 3.93. The average molecular weight is 273 g/mol. The zero-order valence-electron chi connectivity index (χ0n) is 9.85. The summed E-state index contributed by atoms with van der Waals surface area (Å²) >= 11 is 5.85. The van der Waals surface area contributed by atoms with Crippen LogP contribution in [0.15, 0.2) is 0 Å². The first-order valence-corrected chi connectivity index (χ1v) is 5.96. The van der Waals surface area contributed by atoms with Gasteiger partial charge in [0, 0.05) is 19.6 Å². The van der Waals surface area contributed by atoms with E-state index >= 15 is 0 Å². The summed E-state index contributed by atoms with van der Waals surface area (Å²) in [7, 11) is 1.55. The second kappa shape index (κ2) is 5.45. The molecule has 0 bridgehead atoms. The number of anilines is 1. The van der Waals surface area contributed by atoms with Crippen LogP contribution in [0.25, 0.3) is 0 Å². The summed E-state index contributed by atoms with van der Waals surface area (Å²) in [5.41, 5.74) is -0.280. The summed E-state index contributed by atoms with van der Waals surface area (Å²) in [5, 5.41) is 13.7. The molecule has 1 aromatic heterocycles. The fourth-order valence-electron chi connectivity index (χ4n) is 1.52. The number of nitrogens with one attached hydrogen (secondary N) is 1. The SMILES string of the molecule is COCCNc1nc(C2CC2)nc(Cl)c1[N+](=O)[O-]. The Hall–Kier alpha value is -1.47. The van der Waals surface area contributed by atoms with E-state index < -0.39 is 4.92 Å². The summed E-state index contributed by atoms with van der Waals surface area (Å²) in [5.74, 6) is 1.02. The molecule has 1 N–H and O–H groups in total. The lowest BCUT2D eigenvalue weighted by Gasteiger charge is -2.08. The van der Waals surface area contributed by atoms with Gasteiger partial charge in [-0.05, 0) is 12.8 Å². The van der Waals surface area contributed by atoms with Crippen LogP contribution in [0.3, 0.4) is 0 Å². The Morgan fingerprint density at radius 1 is 1.56 bits per heavy atom. The van der Waals surface area contributed by atoms with Crippen LogP contribution in [0.2, 0.25) is 5.15 Å². The standard InChI is InChI=1S/C10H13ClN4O3/c1-18-5-4-12-10-7(15(16)17)8(11)13-9(14-10)6-2-3-6/h6H,2-5H2,1H3,(H,12,13,14).